The van der Waals surface area contributed by atoms with Crippen molar-refractivity contribution in [3.63, 3.8) is 0 Å². The zero-order chi connectivity index (χ0) is 7.47. The molecule has 0 N–H and O–H groups in total. The van der Waals surface area contributed by atoms with E-state index in [1.807, 2.05) is 0 Å². The normalized spacial score (nSPS) is 57.4. The maximum absolute atomic E-state index is 2.46. The Morgan fingerprint density at radius 1 is 1.36 bits per heavy atom. The summed E-state index contributed by atoms with van der Waals surface area (Å²) in [4.78, 5) is 0. The van der Waals surface area contributed by atoms with Gasteiger partial charge < -0.3 is 0 Å². The maximum Gasteiger partial charge on any atom is -0.00468 e. The Balaban J connectivity index is 2.11. The molecule has 0 nitrogen and oxygen atoms in total. The molecule has 3 aliphatic carbocycles. The highest BCUT2D eigenvalue weighted by atomic mass is 14.6. The van der Waals surface area contributed by atoms with E-state index in [1.165, 1.54) is 12.8 Å². The lowest BCUT2D eigenvalue weighted by Crippen LogP contribution is -2.25. The average molecular weight is 146 g/mol. The van der Waals surface area contributed by atoms with Crippen molar-refractivity contribution >= 4 is 0 Å². The monoisotopic (exact) mass is 146 g/mol. The second-order valence-corrected chi connectivity index (χ2v) is 4.50. The molecule has 2 bridgehead atoms. The van der Waals surface area contributed by atoms with Crippen LogP contribution in [-0.4, -0.2) is 0 Å². The third-order valence-corrected chi connectivity index (χ3v) is 4.10. The summed E-state index contributed by atoms with van der Waals surface area (Å²) < 4.78 is 0. The van der Waals surface area contributed by atoms with Crippen molar-refractivity contribution < 1.29 is 0 Å². The van der Waals surface area contributed by atoms with E-state index < -0.39 is 0 Å². The molecule has 0 aromatic rings. The van der Waals surface area contributed by atoms with Crippen molar-refractivity contribution in [2.75, 3.05) is 0 Å². The lowest BCUT2D eigenvalue weighted by Gasteiger charge is -2.31. The molecule has 3 aliphatic rings. The van der Waals surface area contributed by atoms with Crippen molar-refractivity contribution in [1.82, 2.24) is 0 Å². The smallest absolute Gasteiger partial charge is 0.00468 e. The second-order valence-electron chi connectivity index (χ2n) is 4.50. The Bertz CT molecular complexity index is 249. The first-order valence-electron chi connectivity index (χ1n) is 4.67. The van der Waals surface area contributed by atoms with Crippen LogP contribution in [0.3, 0.4) is 0 Å². The summed E-state index contributed by atoms with van der Waals surface area (Å²) in [6.45, 7) is 2.44. The van der Waals surface area contributed by atoms with E-state index in [0.717, 1.165) is 17.8 Å². The third kappa shape index (κ3) is 0.535. The van der Waals surface area contributed by atoms with Gasteiger partial charge in [0.15, 0.2) is 0 Å². The lowest BCUT2D eigenvalue weighted by molar-refractivity contribution is 0.256. The van der Waals surface area contributed by atoms with Crippen molar-refractivity contribution in [2.24, 2.45) is 23.2 Å². The van der Waals surface area contributed by atoms with Gasteiger partial charge in [-0.3, -0.25) is 0 Å². The van der Waals surface area contributed by atoms with Crippen molar-refractivity contribution in [2.45, 2.75) is 19.8 Å². The first-order valence-corrected chi connectivity index (χ1v) is 4.67. The molecule has 0 spiro atoms. The predicted octanol–water partition coefficient (Wildman–Crippen LogP) is 2.77. The Kier molecular flexibility index (Phi) is 0.894. The van der Waals surface area contributed by atoms with Gasteiger partial charge in [0.05, 0.1) is 0 Å². The highest BCUT2D eigenvalue weighted by molar-refractivity contribution is 5.27. The molecule has 0 aliphatic heterocycles. The van der Waals surface area contributed by atoms with E-state index in [9.17, 15) is 0 Å². The first-order chi connectivity index (χ1) is 5.31. The van der Waals surface area contributed by atoms with Gasteiger partial charge in [-0.15, -0.1) is 0 Å². The summed E-state index contributed by atoms with van der Waals surface area (Å²) in [7, 11) is 0. The van der Waals surface area contributed by atoms with Crippen molar-refractivity contribution in [1.29, 1.82) is 0 Å². The molecule has 0 amide bonds. The topological polar surface area (TPSA) is 0 Å². The van der Waals surface area contributed by atoms with E-state index in [0.29, 0.717) is 5.41 Å². The molecule has 0 saturated heterocycles. The van der Waals surface area contributed by atoms with Crippen molar-refractivity contribution in [3.8, 4) is 0 Å². The van der Waals surface area contributed by atoms with E-state index in [2.05, 4.69) is 31.2 Å². The fourth-order valence-corrected chi connectivity index (χ4v) is 3.37. The molecule has 1 saturated carbocycles. The van der Waals surface area contributed by atoms with Crippen molar-refractivity contribution in [3.05, 3.63) is 24.3 Å². The molecule has 4 atom stereocenters. The Hall–Kier alpha value is -0.520. The summed E-state index contributed by atoms with van der Waals surface area (Å²) >= 11 is 0. The van der Waals surface area contributed by atoms with Crippen LogP contribution in [0.2, 0.25) is 0 Å². The second kappa shape index (κ2) is 1.63. The molecule has 11 heavy (non-hydrogen) atoms. The van der Waals surface area contributed by atoms with Gasteiger partial charge in [-0.2, -0.15) is 0 Å². The maximum atomic E-state index is 2.46. The van der Waals surface area contributed by atoms with Gasteiger partial charge in [-0.05, 0) is 36.0 Å². The molecular weight excluding hydrogens is 132 g/mol. The predicted molar refractivity (Wildman–Crippen MR) is 46.1 cm³/mol. The van der Waals surface area contributed by atoms with Gasteiger partial charge in [-0.1, -0.05) is 31.2 Å². The largest absolute Gasteiger partial charge is 0.0876 e. The molecule has 0 radical (unpaired) electrons. The number of allylic oxidation sites excluding steroid dienone is 4. The highest BCUT2D eigenvalue weighted by Crippen LogP contribution is 2.60. The van der Waals surface area contributed by atoms with E-state index in [-0.39, 0.29) is 0 Å². The van der Waals surface area contributed by atoms with Crippen LogP contribution < -0.4 is 0 Å². The summed E-state index contributed by atoms with van der Waals surface area (Å²) in [5, 5.41) is 0. The third-order valence-electron chi connectivity index (χ3n) is 4.10. The molecular formula is C11H14. The number of hydrogen-bond donors (Lipinski definition) is 0. The SMILES string of the molecule is CC12C=CCC1C1C=CC2C1. The molecule has 1 fully saturated rings. The van der Waals surface area contributed by atoms with Gasteiger partial charge >= 0.3 is 0 Å². The van der Waals surface area contributed by atoms with Crippen LogP contribution in [0.4, 0.5) is 0 Å². The molecule has 3 rings (SSSR count). The van der Waals surface area contributed by atoms with Gasteiger partial charge in [0.25, 0.3) is 0 Å². The number of hydrogen-bond acceptors (Lipinski definition) is 0. The zero-order valence-corrected chi connectivity index (χ0v) is 6.96. The molecule has 58 valence electrons. The molecule has 0 aromatic carbocycles. The van der Waals surface area contributed by atoms with E-state index in [4.69, 9.17) is 0 Å². The van der Waals surface area contributed by atoms with Gasteiger partial charge in [0.2, 0.25) is 0 Å². The molecule has 4 unspecified atom stereocenters. The molecule has 0 aromatic heterocycles. The fraction of sp³-hybridized carbons (Fsp3) is 0.636. The highest BCUT2D eigenvalue weighted by Gasteiger charge is 2.52. The van der Waals surface area contributed by atoms with Crippen LogP contribution in [0.15, 0.2) is 24.3 Å². The van der Waals surface area contributed by atoms with Gasteiger partial charge in [0, 0.05) is 0 Å². The summed E-state index contributed by atoms with van der Waals surface area (Å²) in [5.41, 5.74) is 0.555. The van der Waals surface area contributed by atoms with Crippen LogP contribution in [-0.2, 0) is 0 Å². The summed E-state index contributed by atoms with van der Waals surface area (Å²) in [6.07, 6.45) is 12.5. The minimum absolute atomic E-state index is 0.555. The fourth-order valence-electron chi connectivity index (χ4n) is 3.37. The summed E-state index contributed by atoms with van der Waals surface area (Å²) in [6, 6.07) is 0. The molecule has 0 heterocycles. The van der Waals surface area contributed by atoms with Gasteiger partial charge in [-0.25, -0.2) is 0 Å². The first kappa shape index (κ1) is 6.05. The number of fused-ring (bicyclic) bond motifs is 5. The zero-order valence-electron chi connectivity index (χ0n) is 6.96. The summed E-state index contributed by atoms with van der Waals surface area (Å²) in [5.74, 6) is 2.74. The Morgan fingerprint density at radius 3 is 3.09 bits per heavy atom. The number of rotatable bonds is 0. The van der Waals surface area contributed by atoms with Crippen LogP contribution in [0.1, 0.15) is 19.8 Å². The standard InChI is InChI=1S/C11H14/c1-11-6-2-3-10(11)8-4-5-9(11)7-8/h2,4-6,8-10H,3,7H2,1H3. The van der Waals surface area contributed by atoms with Crippen LogP contribution >= 0.6 is 0 Å². The average Bonchev–Trinajstić information content (AvgIpc) is 2.54. The Morgan fingerprint density at radius 2 is 2.27 bits per heavy atom. The van der Waals surface area contributed by atoms with Crippen LogP contribution in [0, 0.1) is 23.2 Å². The van der Waals surface area contributed by atoms with Crippen LogP contribution in [0.25, 0.3) is 0 Å². The van der Waals surface area contributed by atoms with Crippen LogP contribution in [0.5, 0.6) is 0 Å². The van der Waals surface area contributed by atoms with Gasteiger partial charge in [0.1, 0.15) is 0 Å². The molecule has 0 heteroatoms. The minimum atomic E-state index is 0.555. The quantitative estimate of drug-likeness (QED) is 0.461. The lowest BCUT2D eigenvalue weighted by atomic mass is 9.72. The Labute approximate surface area is 68.0 Å². The van der Waals surface area contributed by atoms with E-state index >= 15 is 0 Å². The van der Waals surface area contributed by atoms with E-state index in [1.54, 1.807) is 0 Å². The minimum Gasteiger partial charge on any atom is -0.0876 e.